The smallest absolute Gasteiger partial charge is 0.421 e. The van der Waals surface area contributed by atoms with E-state index in [-0.39, 0.29) is 5.91 Å². The van der Waals surface area contributed by atoms with Gasteiger partial charge >= 0.3 is 6.09 Å². The summed E-state index contributed by atoms with van der Waals surface area (Å²) in [5.41, 5.74) is 0.806. The molecule has 0 bridgehead atoms. The number of carbonyl (C=O) groups excluding carboxylic acids is 2. The number of hydrogen-bond donors (Lipinski definition) is 0. The maximum absolute atomic E-state index is 12.1. The van der Waals surface area contributed by atoms with Gasteiger partial charge in [-0.2, -0.15) is 0 Å². The normalized spacial score (nSPS) is 15.2. The zero-order valence-electron chi connectivity index (χ0n) is 11.2. The van der Waals surface area contributed by atoms with Crippen molar-refractivity contribution in [2.45, 2.75) is 39.2 Å². The van der Waals surface area contributed by atoms with Gasteiger partial charge in [0.1, 0.15) is 5.60 Å². The highest BCUT2D eigenvalue weighted by molar-refractivity contribution is 6.31. The van der Waals surface area contributed by atoms with Crippen LogP contribution < -0.4 is 4.90 Å². The van der Waals surface area contributed by atoms with Crippen LogP contribution in [0.3, 0.4) is 0 Å². The van der Waals surface area contributed by atoms with E-state index in [2.05, 4.69) is 0 Å². The molecule has 2 amide bonds. The van der Waals surface area contributed by atoms with E-state index >= 15 is 0 Å². The highest BCUT2D eigenvalue weighted by Crippen LogP contribution is 2.31. The minimum absolute atomic E-state index is 0.260. The van der Waals surface area contributed by atoms with Crippen LogP contribution in [0.5, 0.6) is 0 Å². The van der Waals surface area contributed by atoms with Crippen molar-refractivity contribution in [3.05, 3.63) is 28.8 Å². The van der Waals surface area contributed by atoms with E-state index in [1.807, 2.05) is 6.07 Å². The highest BCUT2D eigenvalue weighted by Gasteiger charge is 2.33. The molecule has 1 aliphatic rings. The molecule has 4 nitrogen and oxygen atoms in total. The van der Waals surface area contributed by atoms with E-state index in [1.165, 1.54) is 0 Å². The van der Waals surface area contributed by atoms with Crippen molar-refractivity contribution >= 4 is 29.3 Å². The van der Waals surface area contributed by atoms with E-state index in [1.54, 1.807) is 32.9 Å². The van der Waals surface area contributed by atoms with Gasteiger partial charge in [-0.15, -0.1) is 0 Å². The number of anilines is 1. The van der Waals surface area contributed by atoms with Crippen LogP contribution in [0.4, 0.5) is 10.5 Å². The molecular weight excluding hydrogens is 266 g/mol. The Bertz CT molecular complexity index is 534. The Balaban J connectivity index is 2.37. The molecule has 0 unspecified atom stereocenters. The lowest BCUT2D eigenvalue weighted by Gasteiger charge is -2.30. The Kier molecular flexibility index (Phi) is 3.54. The molecule has 0 saturated carbocycles. The first kappa shape index (κ1) is 13.9. The molecule has 102 valence electrons. The van der Waals surface area contributed by atoms with Crippen molar-refractivity contribution in [1.29, 1.82) is 0 Å². The van der Waals surface area contributed by atoms with E-state index in [0.717, 1.165) is 10.5 Å². The van der Waals surface area contributed by atoms with Gasteiger partial charge < -0.3 is 4.74 Å². The molecule has 0 fully saturated rings. The minimum Gasteiger partial charge on any atom is -0.443 e. The lowest BCUT2D eigenvalue weighted by atomic mass is 10.0. The first-order valence-electron chi connectivity index (χ1n) is 6.12. The number of halogens is 1. The third kappa shape index (κ3) is 3.07. The van der Waals surface area contributed by atoms with E-state index < -0.39 is 11.7 Å². The predicted octanol–water partition coefficient (Wildman–Crippen LogP) is 3.55. The molecule has 5 heteroatoms. The van der Waals surface area contributed by atoms with Gasteiger partial charge in [0.05, 0.1) is 5.69 Å². The van der Waals surface area contributed by atoms with Gasteiger partial charge in [-0.05, 0) is 44.9 Å². The number of amides is 2. The standard InChI is InChI=1S/C14H16ClNO3/c1-14(2,3)19-13(18)16-11-8-10(15)6-4-9(11)5-7-12(16)17/h4,6,8H,5,7H2,1-3H3. The summed E-state index contributed by atoms with van der Waals surface area (Å²) in [7, 11) is 0. The molecule has 0 spiro atoms. The van der Waals surface area contributed by atoms with Crippen LogP contribution in [0.1, 0.15) is 32.8 Å². The van der Waals surface area contributed by atoms with Gasteiger partial charge in [-0.3, -0.25) is 4.79 Å². The zero-order chi connectivity index (χ0) is 14.2. The molecule has 1 aromatic carbocycles. The molecule has 1 aromatic rings. The van der Waals surface area contributed by atoms with Crippen LogP contribution in [0, 0.1) is 0 Å². The Labute approximate surface area is 117 Å². The van der Waals surface area contributed by atoms with E-state index in [4.69, 9.17) is 16.3 Å². The third-order valence-corrected chi connectivity index (χ3v) is 2.96. The van der Waals surface area contributed by atoms with E-state index in [9.17, 15) is 9.59 Å². The summed E-state index contributed by atoms with van der Waals surface area (Å²) >= 11 is 5.94. The van der Waals surface area contributed by atoms with Gasteiger partial charge in [-0.1, -0.05) is 17.7 Å². The number of carbonyl (C=O) groups is 2. The second-order valence-electron chi connectivity index (χ2n) is 5.48. The zero-order valence-corrected chi connectivity index (χ0v) is 12.0. The Morgan fingerprint density at radius 1 is 1.32 bits per heavy atom. The molecule has 0 saturated heterocycles. The fourth-order valence-corrected chi connectivity index (χ4v) is 2.12. The van der Waals surface area contributed by atoms with Crippen LogP contribution in [0.15, 0.2) is 18.2 Å². The summed E-state index contributed by atoms with van der Waals surface area (Å²) in [6.07, 6.45) is 0.263. The monoisotopic (exact) mass is 281 g/mol. The maximum Gasteiger partial charge on any atom is 0.421 e. The SMILES string of the molecule is CC(C)(C)OC(=O)N1C(=O)CCc2ccc(Cl)cc21. The van der Waals surface area contributed by atoms with Crippen molar-refractivity contribution < 1.29 is 14.3 Å². The first-order chi connectivity index (χ1) is 8.78. The number of fused-ring (bicyclic) bond motifs is 1. The molecule has 0 N–H and O–H groups in total. The fraction of sp³-hybridized carbons (Fsp3) is 0.429. The lowest BCUT2D eigenvalue weighted by Crippen LogP contribution is -2.43. The molecule has 1 heterocycles. The van der Waals surface area contributed by atoms with Crippen LogP contribution in [-0.4, -0.2) is 17.6 Å². The molecule has 19 heavy (non-hydrogen) atoms. The molecule has 0 atom stereocenters. The average molecular weight is 282 g/mol. The van der Waals surface area contributed by atoms with Crippen LogP contribution in [-0.2, 0) is 16.0 Å². The Morgan fingerprint density at radius 3 is 2.63 bits per heavy atom. The highest BCUT2D eigenvalue weighted by atomic mass is 35.5. The van der Waals surface area contributed by atoms with Crippen molar-refractivity contribution in [3.63, 3.8) is 0 Å². The fourth-order valence-electron chi connectivity index (χ4n) is 1.95. The van der Waals surface area contributed by atoms with Crippen molar-refractivity contribution in [1.82, 2.24) is 0 Å². The molecule has 0 aliphatic carbocycles. The van der Waals surface area contributed by atoms with Crippen molar-refractivity contribution in [2.24, 2.45) is 0 Å². The molecule has 0 aromatic heterocycles. The summed E-state index contributed by atoms with van der Waals surface area (Å²) in [6.45, 7) is 5.29. The molecule has 0 radical (unpaired) electrons. The summed E-state index contributed by atoms with van der Waals surface area (Å²) in [5.74, 6) is -0.260. The van der Waals surface area contributed by atoms with Gasteiger partial charge in [0.25, 0.3) is 0 Å². The Hall–Kier alpha value is -1.55. The Morgan fingerprint density at radius 2 is 2.00 bits per heavy atom. The predicted molar refractivity (Wildman–Crippen MR) is 73.5 cm³/mol. The molecular formula is C14H16ClNO3. The van der Waals surface area contributed by atoms with Gasteiger partial charge in [0, 0.05) is 11.4 Å². The molecule has 2 rings (SSSR count). The van der Waals surface area contributed by atoms with E-state index in [0.29, 0.717) is 23.6 Å². The summed E-state index contributed by atoms with van der Waals surface area (Å²) < 4.78 is 5.27. The van der Waals surface area contributed by atoms with Gasteiger partial charge in [0.15, 0.2) is 0 Å². The third-order valence-electron chi connectivity index (χ3n) is 2.72. The molecule has 1 aliphatic heterocycles. The number of aryl methyl sites for hydroxylation is 1. The van der Waals surface area contributed by atoms with Crippen molar-refractivity contribution in [2.75, 3.05) is 4.90 Å². The number of ether oxygens (including phenoxy) is 1. The van der Waals surface area contributed by atoms with Crippen molar-refractivity contribution in [3.8, 4) is 0 Å². The summed E-state index contributed by atoms with van der Waals surface area (Å²) in [6, 6.07) is 5.21. The number of hydrogen-bond acceptors (Lipinski definition) is 3. The lowest BCUT2D eigenvalue weighted by molar-refractivity contribution is -0.118. The average Bonchev–Trinajstić information content (AvgIpc) is 2.25. The number of imide groups is 1. The summed E-state index contributed by atoms with van der Waals surface area (Å²) in [4.78, 5) is 25.2. The van der Waals surface area contributed by atoms with Crippen LogP contribution in [0.2, 0.25) is 5.02 Å². The maximum atomic E-state index is 12.1. The second kappa shape index (κ2) is 4.85. The largest absolute Gasteiger partial charge is 0.443 e. The second-order valence-corrected chi connectivity index (χ2v) is 5.92. The number of benzene rings is 1. The first-order valence-corrected chi connectivity index (χ1v) is 6.50. The number of nitrogens with zero attached hydrogens (tertiary/aromatic N) is 1. The van der Waals surface area contributed by atoms with Crippen LogP contribution in [0.25, 0.3) is 0 Å². The topological polar surface area (TPSA) is 46.6 Å². The van der Waals surface area contributed by atoms with Gasteiger partial charge in [-0.25, -0.2) is 9.69 Å². The summed E-state index contributed by atoms with van der Waals surface area (Å²) in [5, 5.41) is 0.488. The minimum atomic E-state index is -0.652. The van der Waals surface area contributed by atoms with Gasteiger partial charge in [0.2, 0.25) is 5.91 Å². The quantitative estimate of drug-likeness (QED) is 0.730. The van der Waals surface area contributed by atoms with Crippen LogP contribution >= 0.6 is 11.6 Å². The number of rotatable bonds is 0.